The van der Waals surface area contributed by atoms with Gasteiger partial charge in [-0.1, -0.05) is 34.1 Å². The van der Waals surface area contributed by atoms with Gasteiger partial charge in [-0.3, -0.25) is 4.98 Å². The van der Waals surface area contributed by atoms with Gasteiger partial charge in [0.1, 0.15) is 5.75 Å². The molecule has 1 saturated heterocycles. The zero-order valence-electron chi connectivity index (χ0n) is 19.2. The highest BCUT2D eigenvalue weighted by molar-refractivity contribution is 9.10. The smallest absolute Gasteiger partial charge is 0.174 e. The number of nitrogens with zero attached hydrogens (tertiary/aromatic N) is 3. The first-order valence-corrected chi connectivity index (χ1v) is 12.3. The van der Waals surface area contributed by atoms with Crippen LogP contribution in [0.15, 0.2) is 83.5 Å². The van der Waals surface area contributed by atoms with Crippen molar-refractivity contribution in [2.24, 2.45) is 0 Å². The quantitative estimate of drug-likeness (QED) is 0.299. The molecule has 7 heteroatoms. The molecule has 1 fully saturated rings. The maximum Gasteiger partial charge on any atom is 0.174 e. The molecule has 1 N–H and O–H groups in total. The van der Waals surface area contributed by atoms with E-state index in [1.54, 1.807) is 7.11 Å². The molecule has 0 unspecified atom stereocenters. The largest absolute Gasteiger partial charge is 0.497 e. The van der Waals surface area contributed by atoms with E-state index in [0.29, 0.717) is 5.11 Å². The first-order chi connectivity index (χ1) is 16.5. The van der Waals surface area contributed by atoms with E-state index in [2.05, 4.69) is 85.9 Å². The van der Waals surface area contributed by atoms with Gasteiger partial charge < -0.3 is 19.5 Å². The summed E-state index contributed by atoms with van der Waals surface area (Å²) in [5, 5.41) is 4.21. The Kier molecular flexibility index (Phi) is 6.15. The van der Waals surface area contributed by atoms with E-state index in [0.717, 1.165) is 33.0 Å². The number of aromatic nitrogens is 2. The second-order valence-electron chi connectivity index (χ2n) is 8.34. The van der Waals surface area contributed by atoms with Crippen LogP contribution in [0.4, 0.5) is 5.69 Å². The number of hydrogen-bond acceptors (Lipinski definition) is 3. The normalized spacial score (nSPS) is 17.6. The Bertz CT molecular complexity index is 1350. The Balaban J connectivity index is 1.69. The van der Waals surface area contributed by atoms with E-state index in [4.69, 9.17) is 17.0 Å². The Morgan fingerprint density at radius 3 is 2.50 bits per heavy atom. The number of benzene rings is 2. The summed E-state index contributed by atoms with van der Waals surface area (Å²) in [6, 6.07) is 24.5. The third kappa shape index (κ3) is 3.99. The van der Waals surface area contributed by atoms with Crippen LogP contribution in [0, 0.1) is 13.8 Å². The van der Waals surface area contributed by atoms with Crippen molar-refractivity contribution in [1.82, 2.24) is 14.9 Å². The molecule has 0 radical (unpaired) electrons. The summed E-state index contributed by atoms with van der Waals surface area (Å²) in [5.41, 5.74) is 6.57. The minimum absolute atomic E-state index is 0.0818. The van der Waals surface area contributed by atoms with Gasteiger partial charge in [0.15, 0.2) is 5.11 Å². The number of anilines is 1. The molecule has 5 rings (SSSR count). The van der Waals surface area contributed by atoms with Crippen molar-refractivity contribution in [3.8, 4) is 11.4 Å². The zero-order chi connectivity index (χ0) is 23.8. The Labute approximate surface area is 213 Å². The molecule has 172 valence electrons. The average Bonchev–Trinajstić information content (AvgIpc) is 3.34. The zero-order valence-corrected chi connectivity index (χ0v) is 21.6. The van der Waals surface area contributed by atoms with Gasteiger partial charge in [0.25, 0.3) is 0 Å². The molecule has 3 heterocycles. The van der Waals surface area contributed by atoms with E-state index in [9.17, 15) is 0 Å². The van der Waals surface area contributed by atoms with Crippen LogP contribution in [0.5, 0.6) is 5.75 Å². The molecule has 0 amide bonds. The van der Waals surface area contributed by atoms with Gasteiger partial charge in [0, 0.05) is 39.5 Å². The fourth-order valence-electron chi connectivity index (χ4n) is 4.81. The van der Waals surface area contributed by atoms with Gasteiger partial charge >= 0.3 is 0 Å². The standard InChI is InChI=1S/C27H25BrN4OS/c1-17-14-23(18(2)31(17)20-9-6-8-19(28)15-20)26-25(24-12-4-5-13-29-24)30-27(34)32(26)21-10-7-11-22(16-21)33-3/h4-16,25-26H,1-3H3,(H,30,34)/t25-,26-/m1/s1. The van der Waals surface area contributed by atoms with Crippen molar-refractivity contribution in [3.05, 3.63) is 106 Å². The van der Waals surface area contributed by atoms with Crippen molar-refractivity contribution < 1.29 is 4.74 Å². The van der Waals surface area contributed by atoms with Crippen LogP contribution in [0.3, 0.4) is 0 Å². The predicted molar refractivity (Wildman–Crippen MR) is 144 cm³/mol. The lowest BCUT2D eigenvalue weighted by Gasteiger charge is -2.28. The van der Waals surface area contributed by atoms with Gasteiger partial charge in [0.05, 0.1) is 24.9 Å². The number of hydrogen-bond donors (Lipinski definition) is 1. The van der Waals surface area contributed by atoms with Crippen molar-refractivity contribution in [2.75, 3.05) is 12.0 Å². The summed E-state index contributed by atoms with van der Waals surface area (Å²) in [5.74, 6) is 0.792. The van der Waals surface area contributed by atoms with Crippen LogP contribution < -0.4 is 15.0 Å². The number of pyridine rings is 1. The highest BCUT2D eigenvalue weighted by Gasteiger charge is 2.42. The number of rotatable bonds is 5. The van der Waals surface area contributed by atoms with Gasteiger partial charge in [-0.25, -0.2) is 0 Å². The molecule has 5 nitrogen and oxygen atoms in total. The maximum absolute atomic E-state index is 5.88. The van der Waals surface area contributed by atoms with Crippen molar-refractivity contribution in [1.29, 1.82) is 0 Å². The SMILES string of the molecule is COc1cccc(N2C(=S)N[C@H](c3ccccn3)[C@H]2c2cc(C)n(-c3cccc(Br)c3)c2C)c1. The highest BCUT2D eigenvalue weighted by Crippen LogP contribution is 2.44. The van der Waals surface area contributed by atoms with Gasteiger partial charge in [-0.2, -0.15) is 0 Å². The van der Waals surface area contributed by atoms with Crippen molar-refractivity contribution in [2.45, 2.75) is 25.9 Å². The third-order valence-corrected chi connectivity index (χ3v) is 7.09. The predicted octanol–water partition coefficient (Wildman–Crippen LogP) is 6.44. The number of thiocarbonyl (C=S) groups is 1. The lowest BCUT2D eigenvalue weighted by molar-refractivity contribution is 0.415. The molecule has 0 aliphatic carbocycles. The van der Waals surface area contributed by atoms with Crippen LogP contribution in [0.2, 0.25) is 0 Å². The highest BCUT2D eigenvalue weighted by atomic mass is 79.9. The van der Waals surface area contributed by atoms with E-state index >= 15 is 0 Å². The monoisotopic (exact) mass is 532 g/mol. The summed E-state index contributed by atoms with van der Waals surface area (Å²) in [6.45, 7) is 4.31. The Morgan fingerprint density at radius 2 is 1.76 bits per heavy atom. The molecule has 1 aliphatic rings. The lowest BCUT2D eigenvalue weighted by Crippen LogP contribution is -2.29. The molecule has 1 aliphatic heterocycles. The Hall–Kier alpha value is -3.16. The van der Waals surface area contributed by atoms with Crippen molar-refractivity contribution >= 4 is 38.9 Å². The second kappa shape index (κ2) is 9.24. The number of ether oxygens (including phenoxy) is 1. The van der Waals surface area contributed by atoms with E-state index in [-0.39, 0.29) is 12.1 Å². The van der Waals surface area contributed by atoms with Crippen LogP contribution in [0.1, 0.15) is 34.7 Å². The summed E-state index contributed by atoms with van der Waals surface area (Å²) in [4.78, 5) is 6.86. The lowest BCUT2D eigenvalue weighted by atomic mass is 9.96. The molecule has 2 aromatic carbocycles. The average molecular weight is 533 g/mol. The molecule has 2 atom stereocenters. The van der Waals surface area contributed by atoms with Crippen LogP contribution in [-0.4, -0.2) is 21.8 Å². The summed E-state index contributed by atoms with van der Waals surface area (Å²) < 4.78 is 8.85. The topological polar surface area (TPSA) is 42.3 Å². The van der Waals surface area contributed by atoms with Gasteiger partial charge in [-0.05, 0) is 80.2 Å². The number of halogens is 1. The third-order valence-electron chi connectivity index (χ3n) is 6.28. The van der Waals surface area contributed by atoms with Gasteiger partial charge in [-0.15, -0.1) is 0 Å². The van der Waals surface area contributed by atoms with Crippen LogP contribution in [-0.2, 0) is 0 Å². The van der Waals surface area contributed by atoms with E-state index < -0.39 is 0 Å². The maximum atomic E-state index is 5.88. The fraction of sp³-hybridized carbons (Fsp3) is 0.185. The molecular formula is C27H25BrN4OS. The molecule has 34 heavy (non-hydrogen) atoms. The van der Waals surface area contributed by atoms with Crippen LogP contribution in [0.25, 0.3) is 5.69 Å². The molecule has 2 aromatic heterocycles. The first-order valence-electron chi connectivity index (χ1n) is 11.1. The van der Waals surface area contributed by atoms with E-state index in [1.165, 1.54) is 11.3 Å². The van der Waals surface area contributed by atoms with E-state index in [1.807, 2.05) is 42.6 Å². The fourth-order valence-corrected chi connectivity index (χ4v) is 5.54. The number of methoxy groups -OCH3 is 1. The molecule has 0 bridgehead atoms. The molecular weight excluding hydrogens is 508 g/mol. The molecule has 0 spiro atoms. The minimum atomic E-state index is -0.101. The molecule has 4 aromatic rings. The summed E-state index contributed by atoms with van der Waals surface area (Å²) in [7, 11) is 1.68. The van der Waals surface area contributed by atoms with Crippen molar-refractivity contribution in [3.63, 3.8) is 0 Å². The number of aryl methyl sites for hydroxylation is 1. The summed E-state index contributed by atoms with van der Waals surface area (Å²) in [6.07, 6.45) is 1.83. The second-order valence-corrected chi connectivity index (χ2v) is 9.64. The first kappa shape index (κ1) is 22.6. The Morgan fingerprint density at radius 1 is 0.971 bits per heavy atom. The summed E-state index contributed by atoms with van der Waals surface area (Å²) >= 11 is 9.50. The van der Waals surface area contributed by atoms with Gasteiger partial charge in [0.2, 0.25) is 0 Å². The minimum Gasteiger partial charge on any atom is -0.497 e. The van der Waals surface area contributed by atoms with Crippen LogP contribution >= 0.6 is 28.1 Å². The number of nitrogens with one attached hydrogen (secondary N) is 1. The molecule has 0 saturated carbocycles.